The van der Waals surface area contributed by atoms with E-state index >= 15 is 0 Å². The van der Waals surface area contributed by atoms with Gasteiger partial charge in [-0.05, 0) is 12.1 Å². The van der Waals surface area contributed by atoms with Crippen LogP contribution in [0.4, 0.5) is 0 Å². The molecule has 0 aromatic carbocycles. The van der Waals surface area contributed by atoms with Crippen LogP contribution in [0.5, 0.6) is 0 Å². The maximum Gasteiger partial charge on any atom is 0.229 e. The van der Waals surface area contributed by atoms with Gasteiger partial charge in [0.05, 0.1) is 0 Å². The Morgan fingerprint density at radius 1 is 0.800 bits per heavy atom. The Labute approximate surface area is 96.1 Å². The second kappa shape index (κ2) is 6.05. The third kappa shape index (κ3) is 3.16. The van der Waals surface area contributed by atoms with Gasteiger partial charge in [-0.1, -0.05) is 36.6 Å². The summed E-state index contributed by atoms with van der Waals surface area (Å²) < 4.78 is 6.33. The average molecular weight is 238 g/mol. The standard InChI is InChI=1S/C12H22OSi2/c1-7-14(8-2,9-3)13-15(10-4,11-5)12-6/h7-8,10-11H,1-2,4-5,9,12H2,3,6H3. The monoisotopic (exact) mass is 238 g/mol. The maximum absolute atomic E-state index is 6.33. The highest BCUT2D eigenvalue weighted by atomic mass is 28.4. The minimum Gasteiger partial charge on any atom is -0.443 e. The molecule has 0 bridgehead atoms. The van der Waals surface area contributed by atoms with E-state index < -0.39 is 16.6 Å². The van der Waals surface area contributed by atoms with Crippen molar-refractivity contribution in [3.8, 4) is 0 Å². The Kier molecular flexibility index (Phi) is 5.79. The number of rotatable bonds is 8. The van der Waals surface area contributed by atoms with Gasteiger partial charge < -0.3 is 4.12 Å². The molecule has 1 nitrogen and oxygen atoms in total. The Morgan fingerprint density at radius 3 is 1.20 bits per heavy atom. The normalized spacial score (nSPS) is 11.9. The van der Waals surface area contributed by atoms with E-state index in [1.807, 2.05) is 22.8 Å². The van der Waals surface area contributed by atoms with Crippen LogP contribution in [0.1, 0.15) is 13.8 Å². The zero-order chi connectivity index (χ0) is 11.9. The molecule has 84 valence electrons. The Morgan fingerprint density at radius 2 is 1.07 bits per heavy atom. The second-order valence-corrected chi connectivity index (χ2v) is 11.2. The van der Waals surface area contributed by atoms with E-state index in [9.17, 15) is 0 Å². The number of hydrogen-bond donors (Lipinski definition) is 0. The van der Waals surface area contributed by atoms with E-state index in [4.69, 9.17) is 4.12 Å². The molecule has 0 aliphatic rings. The summed E-state index contributed by atoms with van der Waals surface area (Å²) in [6.45, 7) is 19.8. The molecule has 0 aliphatic heterocycles. The van der Waals surface area contributed by atoms with Crippen molar-refractivity contribution in [2.45, 2.75) is 25.9 Å². The topological polar surface area (TPSA) is 9.23 Å². The molecule has 0 unspecified atom stereocenters. The van der Waals surface area contributed by atoms with Crippen LogP contribution in [-0.2, 0) is 4.12 Å². The molecule has 0 spiro atoms. The molecular weight excluding hydrogens is 216 g/mol. The SMILES string of the molecule is C=C[Si](C=C)(CC)O[Si](C=C)(C=C)CC. The van der Waals surface area contributed by atoms with Crippen LogP contribution in [0.15, 0.2) is 49.1 Å². The van der Waals surface area contributed by atoms with Crippen LogP contribution in [0, 0.1) is 0 Å². The molecule has 0 saturated carbocycles. The highest BCUT2D eigenvalue weighted by Crippen LogP contribution is 2.24. The molecule has 0 N–H and O–H groups in total. The summed E-state index contributed by atoms with van der Waals surface area (Å²) >= 11 is 0. The Bertz CT molecular complexity index is 216. The smallest absolute Gasteiger partial charge is 0.229 e. The fourth-order valence-electron chi connectivity index (χ4n) is 1.41. The molecule has 0 atom stereocenters. The first kappa shape index (κ1) is 14.4. The lowest BCUT2D eigenvalue weighted by Gasteiger charge is -2.34. The molecule has 15 heavy (non-hydrogen) atoms. The highest BCUT2D eigenvalue weighted by Gasteiger charge is 2.36. The van der Waals surface area contributed by atoms with Crippen LogP contribution >= 0.6 is 0 Å². The van der Waals surface area contributed by atoms with Gasteiger partial charge in [0.2, 0.25) is 16.6 Å². The summed E-state index contributed by atoms with van der Waals surface area (Å²) in [7, 11) is -3.94. The second-order valence-electron chi connectivity index (χ2n) is 3.54. The third-order valence-corrected chi connectivity index (χ3v) is 10.9. The van der Waals surface area contributed by atoms with Gasteiger partial charge in [0.1, 0.15) is 0 Å². The molecule has 0 amide bonds. The van der Waals surface area contributed by atoms with E-state index in [0.717, 1.165) is 12.1 Å². The van der Waals surface area contributed by atoms with E-state index in [2.05, 4.69) is 40.2 Å². The van der Waals surface area contributed by atoms with Gasteiger partial charge >= 0.3 is 0 Å². The summed E-state index contributed by atoms with van der Waals surface area (Å²) in [5.41, 5.74) is 7.80. The molecule has 3 heteroatoms. The van der Waals surface area contributed by atoms with E-state index in [1.54, 1.807) is 0 Å². The molecular formula is C12H22OSi2. The molecule has 0 aliphatic carbocycles. The predicted octanol–water partition coefficient (Wildman–Crippen LogP) is 3.83. The molecule has 0 radical (unpaired) electrons. The summed E-state index contributed by atoms with van der Waals surface area (Å²) in [6, 6.07) is 1.94. The van der Waals surface area contributed by atoms with Crippen LogP contribution in [0.25, 0.3) is 0 Å². The van der Waals surface area contributed by atoms with Crippen molar-refractivity contribution in [2.24, 2.45) is 0 Å². The largest absolute Gasteiger partial charge is 0.443 e. The minimum atomic E-state index is -1.97. The first-order valence-electron chi connectivity index (χ1n) is 5.32. The van der Waals surface area contributed by atoms with Crippen molar-refractivity contribution in [3.05, 3.63) is 49.1 Å². The van der Waals surface area contributed by atoms with Gasteiger partial charge in [-0.15, -0.1) is 26.3 Å². The molecule has 0 aromatic rings. The Balaban J connectivity index is 5.07. The quantitative estimate of drug-likeness (QED) is 0.584. The zero-order valence-corrected chi connectivity index (χ0v) is 12.0. The molecule has 0 rings (SSSR count). The van der Waals surface area contributed by atoms with Crippen molar-refractivity contribution < 1.29 is 4.12 Å². The van der Waals surface area contributed by atoms with Gasteiger partial charge in [0.25, 0.3) is 0 Å². The first-order valence-corrected chi connectivity index (χ1v) is 9.86. The fraction of sp³-hybridized carbons (Fsp3) is 0.333. The van der Waals surface area contributed by atoms with Crippen molar-refractivity contribution in [2.75, 3.05) is 0 Å². The van der Waals surface area contributed by atoms with Crippen molar-refractivity contribution in [3.63, 3.8) is 0 Å². The van der Waals surface area contributed by atoms with E-state index in [-0.39, 0.29) is 0 Å². The number of hydrogen-bond acceptors (Lipinski definition) is 1. The maximum atomic E-state index is 6.33. The summed E-state index contributed by atoms with van der Waals surface area (Å²) in [4.78, 5) is 0. The average Bonchev–Trinajstić information content (AvgIpc) is 2.33. The van der Waals surface area contributed by atoms with Crippen LogP contribution in [0.2, 0.25) is 12.1 Å². The molecule has 0 heterocycles. The minimum absolute atomic E-state index is 0.969. The van der Waals surface area contributed by atoms with Crippen molar-refractivity contribution in [1.82, 2.24) is 0 Å². The van der Waals surface area contributed by atoms with Gasteiger partial charge in [0.15, 0.2) is 0 Å². The zero-order valence-electron chi connectivity index (χ0n) is 9.96. The van der Waals surface area contributed by atoms with Crippen molar-refractivity contribution >= 4 is 16.6 Å². The summed E-state index contributed by atoms with van der Waals surface area (Å²) in [5.74, 6) is 0. The van der Waals surface area contributed by atoms with Gasteiger partial charge in [-0.2, -0.15) is 0 Å². The molecule has 0 saturated heterocycles. The predicted molar refractivity (Wildman–Crippen MR) is 74.3 cm³/mol. The highest BCUT2D eigenvalue weighted by molar-refractivity contribution is 6.96. The first-order chi connectivity index (χ1) is 7.07. The van der Waals surface area contributed by atoms with Crippen LogP contribution in [-0.4, -0.2) is 16.6 Å². The van der Waals surface area contributed by atoms with Gasteiger partial charge in [-0.3, -0.25) is 0 Å². The van der Waals surface area contributed by atoms with Crippen LogP contribution in [0.3, 0.4) is 0 Å². The van der Waals surface area contributed by atoms with Crippen molar-refractivity contribution in [1.29, 1.82) is 0 Å². The van der Waals surface area contributed by atoms with Gasteiger partial charge in [-0.25, -0.2) is 0 Å². The van der Waals surface area contributed by atoms with E-state index in [1.165, 1.54) is 0 Å². The van der Waals surface area contributed by atoms with Gasteiger partial charge in [0, 0.05) is 0 Å². The summed E-state index contributed by atoms with van der Waals surface area (Å²) in [5, 5.41) is 0. The molecule has 0 aromatic heterocycles. The lowest BCUT2D eigenvalue weighted by atomic mass is 11.0. The molecule has 0 fully saturated rings. The fourth-order valence-corrected chi connectivity index (χ4v) is 8.22. The van der Waals surface area contributed by atoms with Crippen LogP contribution < -0.4 is 0 Å². The Hall–Kier alpha value is -0.646. The van der Waals surface area contributed by atoms with E-state index in [0.29, 0.717) is 0 Å². The lowest BCUT2D eigenvalue weighted by molar-refractivity contribution is 0.566. The summed E-state index contributed by atoms with van der Waals surface area (Å²) in [6.07, 6.45) is 0. The lowest BCUT2D eigenvalue weighted by Crippen LogP contribution is -2.47. The third-order valence-electron chi connectivity index (χ3n) is 2.87.